The van der Waals surface area contributed by atoms with Gasteiger partial charge in [0.15, 0.2) is 0 Å². The maximum absolute atomic E-state index is 12.1. The summed E-state index contributed by atoms with van der Waals surface area (Å²) in [6.45, 7) is 7.58. The molecule has 17 heavy (non-hydrogen) atoms. The Hall–Kier alpha value is -0.220. The third-order valence-corrected chi connectivity index (χ3v) is 4.42. The van der Waals surface area contributed by atoms with E-state index in [0.717, 1.165) is 18.7 Å². The van der Waals surface area contributed by atoms with Gasteiger partial charge in [0.25, 0.3) is 0 Å². The van der Waals surface area contributed by atoms with Crippen LogP contribution in [0, 0.1) is 5.92 Å². The van der Waals surface area contributed by atoms with Crippen molar-refractivity contribution in [1.82, 2.24) is 10.2 Å². The standard InChI is InChI=1S/C13H26N2OS/c1-10(2)7-11(3)15(4)13(16)8-12-9-17-6-5-14-12/h10-12,14H,5-9H2,1-4H3. The predicted molar refractivity (Wildman–Crippen MR) is 75.4 cm³/mol. The molecule has 0 aromatic carbocycles. The van der Waals surface area contributed by atoms with Crippen LogP contribution in [0.4, 0.5) is 0 Å². The summed E-state index contributed by atoms with van der Waals surface area (Å²) in [5, 5.41) is 3.42. The van der Waals surface area contributed by atoms with Crippen LogP contribution in [-0.2, 0) is 4.79 Å². The van der Waals surface area contributed by atoms with Crippen molar-refractivity contribution in [2.45, 2.75) is 45.7 Å². The average Bonchev–Trinajstić information content (AvgIpc) is 2.28. The smallest absolute Gasteiger partial charge is 0.224 e. The van der Waals surface area contributed by atoms with Gasteiger partial charge in [-0.25, -0.2) is 0 Å². The third kappa shape index (κ3) is 5.30. The Labute approximate surface area is 110 Å². The van der Waals surface area contributed by atoms with Crippen LogP contribution >= 0.6 is 11.8 Å². The minimum atomic E-state index is 0.276. The Bertz CT molecular complexity index is 240. The minimum Gasteiger partial charge on any atom is -0.343 e. The van der Waals surface area contributed by atoms with E-state index in [1.807, 2.05) is 23.7 Å². The largest absolute Gasteiger partial charge is 0.343 e. The highest BCUT2D eigenvalue weighted by Crippen LogP contribution is 2.14. The Balaban J connectivity index is 2.34. The minimum absolute atomic E-state index is 0.276. The van der Waals surface area contributed by atoms with Gasteiger partial charge in [-0.15, -0.1) is 0 Å². The molecular formula is C13H26N2OS. The van der Waals surface area contributed by atoms with Gasteiger partial charge in [-0.05, 0) is 19.3 Å². The van der Waals surface area contributed by atoms with Gasteiger partial charge >= 0.3 is 0 Å². The highest BCUT2D eigenvalue weighted by Gasteiger charge is 2.21. The van der Waals surface area contributed by atoms with Crippen molar-refractivity contribution >= 4 is 17.7 Å². The molecule has 0 radical (unpaired) electrons. The first kappa shape index (κ1) is 14.8. The molecule has 0 aromatic heterocycles. The van der Waals surface area contributed by atoms with Crippen LogP contribution < -0.4 is 5.32 Å². The molecule has 1 fully saturated rings. The molecule has 1 saturated heterocycles. The van der Waals surface area contributed by atoms with Crippen molar-refractivity contribution in [2.24, 2.45) is 5.92 Å². The third-order valence-electron chi connectivity index (χ3n) is 3.29. The Kier molecular flexibility index (Phi) is 6.34. The van der Waals surface area contributed by atoms with Gasteiger partial charge in [0.1, 0.15) is 0 Å². The fourth-order valence-corrected chi connectivity index (χ4v) is 3.14. The second-order valence-electron chi connectivity index (χ2n) is 5.41. The number of nitrogens with zero attached hydrogens (tertiary/aromatic N) is 1. The van der Waals surface area contributed by atoms with Crippen molar-refractivity contribution in [3.8, 4) is 0 Å². The lowest BCUT2D eigenvalue weighted by Gasteiger charge is -2.29. The lowest BCUT2D eigenvalue weighted by Crippen LogP contribution is -2.44. The summed E-state index contributed by atoms with van der Waals surface area (Å²) in [7, 11) is 1.94. The van der Waals surface area contributed by atoms with Crippen LogP contribution in [0.5, 0.6) is 0 Å². The first-order chi connectivity index (χ1) is 8.00. The summed E-state index contributed by atoms with van der Waals surface area (Å²) in [4.78, 5) is 14.0. The fourth-order valence-electron chi connectivity index (χ4n) is 2.19. The molecule has 0 aromatic rings. The average molecular weight is 258 g/mol. The maximum Gasteiger partial charge on any atom is 0.224 e. The molecule has 2 atom stereocenters. The Morgan fingerprint density at radius 2 is 2.18 bits per heavy atom. The molecule has 1 rings (SSSR count). The number of hydrogen-bond donors (Lipinski definition) is 1. The first-order valence-electron chi connectivity index (χ1n) is 6.57. The normalized spacial score (nSPS) is 22.5. The van der Waals surface area contributed by atoms with Gasteiger partial charge in [0.05, 0.1) is 0 Å². The summed E-state index contributed by atoms with van der Waals surface area (Å²) in [6, 6.07) is 0.716. The number of hydrogen-bond acceptors (Lipinski definition) is 3. The zero-order valence-corrected chi connectivity index (χ0v) is 12.3. The molecule has 1 heterocycles. The van der Waals surface area contributed by atoms with Crippen molar-refractivity contribution in [2.75, 3.05) is 25.1 Å². The molecule has 1 aliphatic heterocycles. The van der Waals surface area contributed by atoms with Crippen LogP contribution in [0.15, 0.2) is 0 Å². The monoisotopic (exact) mass is 258 g/mol. The highest BCUT2D eigenvalue weighted by atomic mass is 32.2. The topological polar surface area (TPSA) is 32.3 Å². The molecule has 4 heteroatoms. The number of carbonyl (C=O) groups excluding carboxylic acids is 1. The molecule has 0 spiro atoms. The quantitative estimate of drug-likeness (QED) is 0.818. The van der Waals surface area contributed by atoms with Crippen LogP contribution in [0.1, 0.15) is 33.6 Å². The van der Waals surface area contributed by atoms with E-state index in [1.165, 1.54) is 5.75 Å². The van der Waals surface area contributed by atoms with Crippen molar-refractivity contribution in [1.29, 1.82) is 0 Å². The Morgan fingerprint density at radius 1 is 1.47 bits per heavy atom. The number of rotatable bonds is 5. The van der Waals surface area contributed by atoms with Gasteiger partial charge in [-0.3, -0.25) is 4.79 Å². The molecule has 1 aliphatic rings. The molecule has 3 nitrogen and oxygen atoms in total. The molecule has 0 aliphatic carbocycles. The van der Waals surface area contributed by atoms with E-state index in [1.54, 1.807) is 0 Å². The van der Waals surface area contributed by atoms with Gasteiger partial charge in [0.2, 0.25) is 5.91 Å². The number of thioether (sulfide) groups is 1. The second-order valence-corrected chi connectivity index (χ2v) is 6.56. The van der Waals surface area contributed by atoms with Gasteiger partial charge in [-0.2, -0.15) is 11.8 Å². The van der Waals surface area contributed by atoms with Gasteiger partial charge in [0, 0.05) is 43.6 Å². The van der Waals surface area contributed by atoms with E-state index < -0.39 is 0 Å². The van der Waals surface area contributed by atoms with E-state index in [0.29, 0.717) is 24.4 Å². The van der Waals surface area contributed by atoms with Crippen molar-refractivity contribution in [3.05, 3.63) is 0 Å². The molecule has 0 bridgehead atoms. The summed E-state index contributed by atoms with van der Waals surface area (Å²) in [6.07, 6.45) is 1.72. The van der Waals surface area contributed by atoms with Crippen LogP contribution in [0.3, 0.4) is 0 Å². The lowest BCUT2D eigenvalue weighted by molar-refractivity contribution is -0.132. The zero-order chi connectivity index (χ0) is 12.8. The van der Waals surface area contributed by atoms with Crippen LogP contribution in [0.2, 0.25) is 0 Å². The maximum atomic E-state index is 12.1. The van der Waals surface area contributed by atoms with Gasteiger partial charge < -0.3 is 10.2 Å². The molecule has 2 unspecified atom stereocenters. The van der Waals surface area contributed by atoms with E-state index in [-0.39, 0.29) is 5.91 Å². The number of carbonyl (C=O) groups is 1. The summed E-state index contributed by atoms with van der Waals surface area (Å²) in [5.41, 5.74) is 0. The van der Waals surface area contributed by atoms with Crippen molar-refractivity contribution < 1.29 is 4.79 Å². The zero-order valence-electron chi connectivity index (χ0n) is 11.5. The molecular weight excluding hydrogens is 232 g/mol. The summed E-state index contributed by atoms with van der Waals surface area (Å²) >= 11 is 1.94. The van der Waals surface area contributed by atoms with Crippen molar-refractivity contribution in [3.63, 3.8) is 0 Å². The van der Waals surface area contributed by atoms with Gasteiger partial charge in [-0.1, -0.05) is 13.8 Å². The predicted octanol–water partition coefficient (Wildman–Crippen LogP) is 1.97. The lowest BCUT2D eigenvalue weighted by atomic mass is 10.0. The fraction of sp³-hybridized carbons (Fsp3) is 0.923. The highest BCUT2D eigenvalue weighted by molar-refractivity contribution is 7.99. The molecule has 1 amide bonds. The van der Waals surface area contributed by atoms with E-state index in [9.17, 15) is 4.79 Å². The van der Waals surface area contributed by atoms with E-state index in [4.69, 9.17) is 0 Å². The van der Waals surface area contributed by atoms with Crippen LogP contribution in [0.25, 0.3) is 0 Å². The van der Waals surface area contributed by atoms with E-state index in [2.05, 4.69) is 26.1 Å². The molecule has 100 valence electrons. The SMILES string of the molecule is CC(C)CC(C)N(C)C(=O)CC1CSCCN1. The summed E-state index contributed by atoms with van der Waals surface area (Å²) in [5.74, 6) is 3.16. The van der Waals surface area contributed by atoms with Crippen LogP contribution in [-0.4, -0.2) is 48.0 Å². The number of nitrogens with one attached hydrogen (secondary N) is 1. The number of amides is 1. The molecule has 0 saturated carbocycles. The summed E-state index contributed by atoms with van der Waals surface area (Å²) < 4.78 is 0. The molecule has 1 N–H and O–H groups in total. The second kappa shape index (κ2) is 7.27. The first-order valence-corrected chi connectivity index (χ1v) is 7.73. The van der Waals surface area contributed by atoms with E-state index >= 15 is 0 Å². The Morgan fingerprint density at radius 3 is 2.71 bits per heavy atom.